The van der Waals surface area contributed by atoms with E-state index in [1.807, 2.05) is 42.5 Å². The van der Waals surface area contributed by atoms with Crippen LogP contribution in [0.4, 0.5) is 13.2 Å². The second kappa shape index (κ2) is 11.4. The summed E-state index contributed by atoms with van der Waals surface area (Å²) in [4.78, 5) is 0. The maximum absolute atomic E-state index is 13.6. The minimum Gasteiger partial charge on any atom is -0.489 e. The molecule has 37 heavy (non-hydrogen) atoms. The van der Waals surface area contributed by atoms with Crippen molar-refractivity contribution in [2.75, 3.05) is 0 Å². The molecule has 0 aliphatic rings. The number of nitrogens with one attached hydrogen (secondary N) is 1. The predicted octanol–water partition coefficient (Wildman–Crippen LogP) is 6.40. The molecule has 1 unspecified atom stereocenters. The third-order valence-electron chi connectivity index (χ3n) is 5.89. The molecule has 0 saturated heterocycles. The van der Waals surface area contributed by atoms with Crippen LogP contribution in [0.3, 0.4) is 0 Å². The van der Waals surface area contributed by atoms with Gasteiger partial charge in [-0.05, 0) is 59.3 Å². The van der Waals surface area contributed by atoms with Gasteiger partial charge in [-0.1, -0.05) is 42.3 Å². The smallest absolute Gasteiger partial charge is 0.417 e. The quantitative estimate of drug-likeness (QED) is 0.0862. The Kier molecular flexibility index (Phi) is 8.01. The number of hydrogen-bond donors (Lipinski definition) is 3. The van der Waals surface area contributed by atoms with Crippen LogP contribution in [-0.2, 0) is 12.8 Å². The van der Waals surface area contributed by atoms with Gasteiger partial charge in [-0.3, -0.25) is 0 Å². The van der Waals surface area contributed by atoms with E-state index in [4.69, 9.17) is 16.4 Å². The van der Waals surface area contributed by atoms with Crippen molar-refractivity contribution < 1.29 is 17.9 Å². The molecule has 5 nitrogen and oxygen atoms in total. The summed E-state index contributed by atoms with van der Waals surface area (Å²) in [5.74, 6) is 17.8. The first-order valence-corrected chi connectivity index (χ1v) is 12.3. The van der Waals surface area contributed by atoms with E-state index in [2.05, 4.69) is 22.4 Å². The maximum Gasteiger partial charge on any atom is 0.417 e. The van der Waals surface area contributed by atoms with Crippen LogP contribution in [0.15, 0.2) is 77.2 Å². The molecule has 0 aliphatic heterocycles. The zero-order valence-corrected chi connectivity index (χ0v) is 20.8. The van der Waals surface area contributed by atoms with Crippen molar-refractivity contribution in [3.63, 3.8) is 0 Å². The zero-order chi connectivity index (χ0) is 26.4. The van der Waals surface area contributed by atoms with E-state index in [-0.39, 0.29) is 18.1 Å². The summed E-state index contributed by atoms with van der Waals surface area (Å²) in [5, 5.41) is 6.17. The molecule has 4 aromatic rings. The molecule has 5 N–H and O–H groups in total. The molecule has 0 amide bonds. The number of benzene rings is 3. The zero-order valence-electron chi connectivity index (χ0n) is 20.0. The Morgan fingerprint density at radius 3 is 2.51 bits per heavy atom. The van der Waals surface area contributed by atoms with Gasteiger partial charge in [0.15, 0.2) is 0 Å². The van der Waals surface area contributed by atoms with E-state index in [9.17, 15) is 13.2 Å². The van der Waals surface area contributed by atoms with Crippen LogP contribution in [0.1, 0.15) is 36.0 Å². The fourth-order valence-electron chi connectivity index (χ4n) is 4.07. The van der Waals surface area contributed by atoms with Gasteiger partial charge in [-0.25, -0.2) is 5.84 Å². The first-order valence-electron chi connectivity index (χ1n) is 11.4. The van der Waals surface area contributed by atoms with Crippen molar-refractivity contribution in [3.05, 3.63) is 88.8 Å². The molecule has 1 heterocycles. The average molecular weight is 523 g/mol. The fourth-order valence-corrected chi connectivity index (χ4v) is 5.01. The molecular weight excluding hydrogens is 497 g/mol. The van der Waals surface area contributed by atoms with Crippen LogP contribution >= 0.6 is 11.3 Å². The van der Waals surface area contributed by atoms with Crippen LogP contribution < -0.4 is 21.8 Å². The number of hydrazone groups is 1. The van der Waals surface area contributed by atoms with Gasteiger partial charge >= 0.3 is 6.18 Å². The number of rotatable bonds is 7. The molecule has 0 spiro atoms. The predicted molar refractivity (Wildman–Crippen MR) is 143 cm³/mol. The standard InChI is InChI=1S/C28H25F3N4OS/c1-2-5-20(15-27(34-32)35-33)19-9-11-21(12-10-19)36-16-18-8-13-26-23(14-18)24(17-37-26)22-6-3-4-7-25(22)28(29,30)31/h3-4,6-14,17,20H,15-16,32-33H2,1H3,(H,34,35). The van der Waals surface area contributed by atoms with Crippen molar-refractivity contribution in [2.45, 2.75) is 32.0 Å². The lowest BCUT2D eigenvalue weighted by molar-refractivity contribution is -0.137. The first kappa shape index (κ1) is 26.1. The number of hydrazine groups is 1. The maximum atomic E-state index is 13.6. The molecule has 0 bridgehead atoms. The summed E-state index contributed by atoms with van der Waals surface area (Å²) >= 11 is 1.42. The lowest BCUT2D eigenvalue weighted by Gasteiger charge is -2.14. The van der Waals surface area contributed by atoms with E-state index >= 15 is 0 Å². The van der Waals surface area contributed by atoms with E-state index in [1.165, 1.54) is 23.5 Å². The summed E-state index contributed by atoms with van der Waals surface area (Å²) in [6.45, 7) is 2.03. The van der Waals surface area contributed by atoms with E-state index in [0.717, 1.165) is 27.3 Å². The number of halogens is 3. The van der Waals surface area contributed by atoms with Gasteiger partial charge < -0.3 is 16.0 Å². The third-order valence-corrected chi connectivity index (χ3v) is 6.85. The molecule has 0 fully saturated rings. The molecule has 1 aromatic heterocycles. The number of nitrogens with zero attached hydrogens (tertiary/aromatic N) is 1. The second-order valence-electron chi connectivity index (χ2n) is 8.25. The topological polar surface area (TPSA) is 85.7 Å². The third kappa shape index (κ3) is 6.05. The second-order valence-corrected chi connectivity index (χ2v) is 9.16. The molecule has 0 saturated carbocycles. The highest BCUT2D eigenvalue weighted by atomic mass is 32.1. The largest absolute Gasteiger partial charge is 0.489 e. The van der Waals surface area contributed by atoms with E-state index in [1.54, 1.807) is 18.4 Å². The molecule has 0 radical (unpaired) electrons. The van der Waals surface area contributed by atoms with Crippen LogP contribution in [0.5, 0.6) is 5.75 Å². The van der Waals surface area contributed by atoms with Crippen molar-refractivity contribution in [3.8, 4) is 28.7 Å². The van der Waals surface area contributed by atoms with Crippen LogP contribution in [0.25, 0.3) is 21.2 Å². The highest BCUT2D eigenvalue weighted by molar-refractivity contribution is 7.17. The average Bonchev–Trinajstić information content (AvgIpc) is 3.33. The Bertz CT molecular complexity index is 1470. The summed E-state index contributed by atoms with van der Waals surface area (Å²) in [6, 6.07) is 18.9. The Morgan fingerprint density at radius 2 is 1.84 bits per heavy atom. The molecule has 1 atom stereocenters. The molecule has 0 aliphatic carbocycles. The molecular formula is C28H25F3N4OS. The first-order chi connectivity index (χ1) is 17.8. The molecule has 3 aromatic carbocycles. The lowest BCUT2D eigenvalue weighted by atomic mass is 9.95. The van der Waals surface area contributed by atoms with Crippen LogP contribution in [0, 0.1) is 11.8 Å². The van der Waals surface area contributed by atoms with Gasteiger partial charge in [-0.15, -0.1) is 17.3 Å². The Balaban J connectivity index is 1.53. The number of alkyl halides is 3. The number of amidine groups is 1. The van der Waals surface area contributed by atoms with Gasteiger partial charge in [-0.2, -0.15) is 18.3 Å². The van der Waals surface area contributed by atoms with Crippen LogP contribution in [-0.4, -0.2) is 5.84 Å². The van der Waals surface area contributed by atoms with Gasteiger partial charge in [0.25, 0.3) is 0 Å². The number of nitrogens with two attached hydrogens (primary N) is 2. The minimum absolute atomic E-state index is 0.142. The summed E-state index contributed by atoms with van der Waals surface area (Å²) in [5.41, 5.74) is 4.39. The minimum atomic E-state index is -4.43. The van der Waals surface area contributed by atoms with E-state index < -0.39 is 11.7 Å². The normalized spacial score (nSPS) is 12.6. The monoisotopic (exact) mass is 522 g/mol. The fraction of sp³-hybridized carbons (Fsp3) is 0.179. The highest BCUT2D eigenvalue weighted by Crippen LogP contribution is 2.41. The SMILES string of the molecule is CC#CC(C/C(=N/N)NN)c1ccc(OCc2ccc3scc(-c4ccccc4C(F)(F)F)c3c2)cc1. The molecule has 190 valence electrons. The summed E-state index contributed by atoms with van der Waals surface area (Å²) in [6.07, 6.45) is -3.99. The lowest BCUT2D eigenvalue weighted by Crippen LogP contribution is -2.32. The Morgan fingerprint density at radius 1 is 1.08 bits per heavy atom. The van der Waals surface area contributed by atoms with Gasteiger partial charge in [0.2, 0.25) is 0 Å². The van der Waals surface area contributed by atoms with Gasteiger partial charge in [0.05, 0.1) is 11.5 Å². The number of fused-ring (bicyclic) bond motifs is 1. The van der Waals surface area contributed by atoms with Gasteiger partial charge in [0, 0.05) is 22.1 Å². The summed E-state index contributed by atoms with van der Waals surface area (Å²) < 4.78 is 47.7. The summed E-state index contributed by atoms with van der Waals surface area (Å²) in [7, 11) is 0. The van der Waals surface area contributed by atoms with Crippen molar-refractivity contribution in [1.29, 1.82) is 0 Å². The Hall–Kier alpha value is -4.00. The number of ether oxygens (including phenoxy) is 1. The number of thiophene rings is 1. The van der Waals surface area contributed by atoms with Gasteiger partial charge in [0.1, 0.15) is 18.2 Å². The Labute approximate surface area is 216 Å². The molecule has 9 heteroatoms. The van der Waals surface area contributed by atoms with E-state index in [0.29, 0.717) is 23.6 Å². The molecule has 4 rings (SSSR count). The number of hydrogen-bond acceptors (Lipinski definition) is 5. The van der Waals surface area contributed by atoms with Crippen molar-refractivity contribution in [2.24, 2.45) is 16.8 Å². The van der Waals surface area contributed by atoms with Crippen molar-refractivity contribution in [1.82, 2.24) is 5.43 Å². The highest BCUT2D eigenvalue weighted by Gasteiger charge is 2.33. The van der Waals surface area contributed by atoms with Crippen LogP contribution in [0.2, 0.25) is 0 Å². The van der Waals surface area contributed by atoms with Crippen molar-refractivity contribution >= 4 is 27.3 Å².